The van der Waals surface area contributed by atoms with Crippen molar-refractivity contribution in [3.05, 3.63) is 58.1 Å². The zero-order valence-corrected chi connectivity index (χ0v) is 15.0. The van der Waals surface area contributed by atoms with Gasteiger partial charge in [0.1, 0.15) is 6.54 Å². The Labute approximate surface area is 144 Å². The molecule has 5 heteroatoms. The molecule has 120 valence electrons. The van der Waals surface area contributed by atoms with Crippen LogP contribution in [0.5, 0.6) is 0 Å². The summed E-state index contributed by atoms with van der Waals surface area (Å²) in [5.74, 6) is -0.414. The van der Waals surface area contributed by atoms with E-state index in [1.165, 1.54) is 11.8 Å². The molecule has 0 aromatic heterocycles. The molecule has 2 aromatic carbocycles. The van der Waals surface area contributed by atoms with Gasteiger partial charge in [-0.3, -0.25) is 9.59 Å². The number of benzene rings is 2. The topological polar surface area (TPSA) is 49.4 Å². The number of anilines is 2. The number of hydrogen-bond donors (Lipinski definition) is 1. The first kappa shape index (κ1) is 17.2. The van der Waals surface area contributed by atoms with Gasteiger partial charge in [0.25, 0.3) is 0 Å². The van der Waals surface area contributed by atoms with E-state index in [1.807, 2.05) is 56.3 Å². The molecule has 0 aliphatic carbocycles. The van der Waals surface area contributed by atoms with Crippen LogP contribution in [0.25, 0.3) is 0 Å². The van der Waals surface area contributed by atoms with Gasteiger partial charge in [0, 0.05) is 22.8 Å². The molecule has 0 heterocycles. The Balaban J connectivity index is 2.14. The highest BCUT2D eigenvalue weighted by Gasteiger charge is 2.16. The van der Waals surface area contributed by atoms with Crippen LogP contribution in [0.4, 0.5) is 11.4 Å². The van der Waals surface area contributed by atoms with Gasteiger partial charge in [-0.15, -0.1) is 0 Å². The van der Waals surface area contributed by atoms with Crippen molar-refractivity contribution in [1.29, 1.82) is 0 Å². The molecule has 0 atom stereocenters. The van der Waals surface area contributed by atoms with E-state index in [0.717, 1.165) is 21.3 Å². The van der Waals surface area contributed by atoms with Gasteiger partial charge in [0.2, 0.25) is 11.8 Å². The number of hydrogen-bond acceptors (Lipinski definition) is 2. The summed E-state index contributed by atoms with van der Waals surface area (Å²) in [7, 11) is 0. The number of rotatable bonds is 4. The zero-order chi connectivity index (χ0) is 17.0. The Hall–Kier alpha value is -2.14. The third kappa shape index (κ3) is 4.66. The predicted molar refractivity (Wildman–Crippen MR) is 96.7 cm³/mol. The van der Waals surface area contributed by atoms with Gasteiger partial charge in [-0.1, -0.05) is 34.1 Å². The van der Waals surface area contributed by atoms with Crippen LogP contribution in [-0.4, -0.2) is 18.4 Å². The molecule has 2 amide bonds. The second-order valence-electron chi connectivity index (χ2n) is 5.46. The first-order valence-corrected chi connectivity index (χ1v) is 8.07. The van der Waals surface area contributed by atoms with Gasteiger partial charge >= 0.3 is 0 Å². The van der Waals surface area contributed by atoms with Crippen LogP contribution >= 0.6 is 15.9 Å². The van der Waals surface area contributed by atoms with Crippen LogP contribution in [0.3, 0.4) is 0 Å². The molecule has 0 bridgehead atoms. The van der Waals surface area contributed by atoms with Crippen molar-refractivity contribution in [3.63, 3.8) is 0 Å². The summed E-state index contributed by atoms with van der Waals surface area (Å²) in [5, 5.41) is 2.82. The molecule has 0 radical (unpaired) electrons. The minimum atomic E-state index is -0.234. The van der Waals surface area contributed by atoms with Crippen LogP contribution in [0.2, 0.25) is 0 Å². The van der Waals surface area contributed by atoms with Crippen LogP contribution < -0.4 is 10.2 Å². The molecule has 0 saturated heterocycles. The summed E-state index contributed by atoms with van der Waals surface area (Å²) < 4.78 is 0.903. The Morgan fingerprint density at radius 2 is 1.87 bits per heavy atom. The molecule has 4 nitrogen and oxygen atoms in total. The highest BCUT2D eigenvalue weighted by atomic mass is 79.9. The molecular formula is C18H19BrN2O2. The average molecular weight is 375 g/mol. The van der Waals surface area contributed by atoms with Crippen molar-refractivity contribution in [2.75, 3.05) is 16.8 Å². The molecule has 0 aliphatic heterocycles. The number of carbonyl (C=O) groups is 2. The predicted octanol–water partition coefficient (Wildman–Crippen LogP) is 4.06. The summed E-state index contributed by atoms with van der Waals surface area (Å²) in [6, 6.07) is 13.1. The van der Waals surface area contributed by atoms with E-state index in [1.54, 1.807) is 0 Å². The number of amides is 2. The molecule has 1 N–H and O–H groups in total. The van der Waals surface area contributed by atoms with Crippen molar-refractivity contribution in [3.8, 4) is 0 Å². The molecule has 0 unspecified atom stereocenters. The molecule has 0 saturated carbocycles. The Morgan fingerprint density at radius 1 is 1.13 bits per heavy atom. The number of aryl methyl sites for hydroxylation is 2. The van der Waals surface area contributed by atoms with Crippen molar-refractivity contribution in [2.24, 2.45) is 0 Å². The normalized spacial score (nSPS) is 10.3. The molecule has 2 aromatic rings. The van der Waals surface area contributed by atoms with Crippen molar-refractivity contribution in [2.45, 2.75) is 20.8 Å². The van der Waals surface area contributed by atoms with Crippen molar-refractivity contribution >= 4 is 39.1 Å². The van der Waals surface area contributed by atoms with Crippen molar-refractivity contribution < 1.29 is 9.59 Å². The standard InChI is InChI=1S/C18H19BrN2O2/c1-12-5-4-6-15(9-12)20-18(23)11-21(14(3)22)16-8-7-13(2)17(19)10-16/h4-10H,11H2,1-3H3,(H,20,23). The lowest BCUT2D eigenvalue weighted by atomic mass is 10.2. The average Bonchev–Trinajstić information content (AvgIpc) is 2.47. The largest absolute Gasteiger partial charge is 0.325 e. The summed E-state index contributed by atoms with van der Waals surface area (Å²) in [6.45, 7) is 5.35. The molecule has 0 fully saturated rings. The molecule has 0 aliphatic rings. The third-order valence-corrected chi connectivity index (χ3v) is 4.31. The maximum absolute atomic E-state index is 12.2. The number of halogens is 1. The molecule has 23 heavy (non-hydrogen) atoms. The number of nitrogens with one attached hydrogen (secondary N) is 1. The maximum atomic E-state index is 12.2. The van der Waals surface area contributed by atoms with Gasteiger partial charge in [-0.25, -0.2) is 0 Å². The number of carbonyl (C=O) groups excluding carboxylic acids is 2. The second-order valence-corrected chi connectivity index (χ2v) is 6.31. The minimum absolute atomic E-state index is 0.0290. The van der Waals surface area contributed by atoms with E-state index in [-0.39, 0.29) is 18.4 Å². The number of nitrogens with zero attached hydrogens (tertiary/aromatic N) is 1. The van der Waals surface area contributed by atoms with Crippen molar-refractivity contribution in [1.82, 2.24) is 0 Å². The van der Waals surface area contributed by atoms with Gasteiger partial charge in [-0.05, 0) is 49.2 Å². The third-order valence-electron chi connectivity index (χ3n) is 3.45. The van der Waals surface area contributed by atoms with Crippen LogP contribution in [0, 0.1) is 13.8 Å². The van der Waals surface area contributed by atoms with Crippen LogP contribution in [0.1, 0.15) is 18.1 Å². The minimum Gasteiger partial charge on any atom is -0.325 e. The molecule has 0 spiro atoms. The lowest BCUT2D eigenvalue weighted by molar-refractivity contribution is -0.120. The quantitative estimate of drug-likeness (QED) is 0.876. The first-order valence-electron chi connectivity index (χ1n) is 7.27. The van der Waals surface area contributed by atoms with E-state index in [4.69, 9.17) is 0 Å². The summed E-state index contributed by atoms with van der Waals surface area (Å²) in [5.41, 5.74) is 3.55. The van der Waals surface area contributed by atoms with Crippen LogP contribution in [0.15, 0.2) is 46.9 Å². The van der Waals surface area contributed by atoms with Gasteiger partial charge < -0.3 is 10.2 Å². The summed E-state index contributed by atoms with van der Waals surface area (Å²) in [4.78, 5) is 25.6. The fraction of sp³-hybridized carbons (Fsp3) is 0.222. The molecular weight excluding hydrogens is 356 g/mol. The van der Waals surface area contributed by atoms with E-state index in [9.17, 15) is 9.59 Å². The van der Waals surface area contributed by atoms with Gasteiger partial charge in [0.05, 0.1) is 0 Å². The van der Waals surface area contributed by atoms with Gasteiger partial charge in [0.15, 0.2) is 0 Å². The second kappa shape index (κ2) is 7.42. The van der Waals surface area contributed by atoms with E-state index in [0.29, 0.717) is 5.69 Å². The Bertz CT molecular complexity index is 744. The first-order chi connectivity index (χ1) is 10.9. The highest BCUT2D eigenvalue weighted by molar-refractivity contribution is 9.10. The highest BCUT2D eigenvalue weighted by Crippen LogP contribution is 2.24. The Morgan fingerprint density at radius 3 is 2.48 bits per heavy atom. The van der Waals surface area contributed by atoms with E-state index in [2.05, 4.69) is 21.2 Å². The van der Waals surface area contributed by atoms with E-state index >= 15 is 0 Å². The molecule has 2 rings (SSSR count). The monoisotopic (exact) mass is 374 g/mol. The van der Waals surface area contributed by atoms with E-state index < -0.39 is 0 Å². The lowest BCUT2D eigenvalue weighted by Crippen LogP contribution is -2.36. The van der Waals surface area contributed by atoms with Crippen LogP contribution in [-0.2, 0) is 9.59 Å². The zero-order valence-electron chi connectivity index (χ0n) is 13.4. The summed E-state index contributed by atoms with van der Waals surface area (Å²) >= 11 is 3.45. The fourth-order valence-corrected chi connectivity index (χ4v) is 2.57. The maximum Gasteiger partial charge on any atom is 0.244 e. The fourth-order valence-electron chi connectivity index (χ4n) is 2.20. The lowest BCUT2D eigenvalue weighted by Gasteiger charge is -2.21. The smallest absolute Gasteiger partial charge is 0.244 e. The summed E-state index contributed by atoms with van der Waals surface area (Å²) in [6.07, 6.45) is 0. The Kier molecular flexibility index (Phi) is 5.55. The van der Waals surface area contributed by atoms with Gasteiger partial charge in [-0.2, -0.15) is 0 Å². The SMILES string of the molecule is CC(=O)N(CC(=O)Nc1cccc(C)c1)c1ccc(C)c(Br)c1.